The molecule has 2 N–H and O–H groups in total. The van der Waals surface area contributed by atoms with E-state index < -0.39 is 27.9 Å². The molecule has 0 radical (unpaired) electrons. The lowest BCUT2D eigenvalue weighted by Gasteiger charge is -2.22. The number of hydrogen-bond acceptors (Lipinski definition) is 8. The number of nitrogens with one attached hydrogen (secondary N) is 2. The van der Waals surface area contributed by atoms with E-state index in [1.165, 1.54) is 39.9 Å². The number of thiophene rings is 1. The molecule has 1 aromatic carbocycles. The minimum atomic E-state index is -3.58. The van der Waals surface area contributed by atoms with E-state index in [1.54, 1.807) is 0 Å². The van der Waals surface area contributed by atoms with Crippen LogP contribution in [-0.4, -0.2) is 69.3 Å². The van der Waals surface area contributed by atoms with Crippen molar-refractivity contribution in [3.8, 4) is 0 Å². The molecule has 0 unspecified atom stereocenters. The summed E-state index contributed by atoms with van der Waals surface area (Å²) in [5, 5.41) is 5.27. The molecule has 3 heterocycles. The van der Waals surface area contributed by atoms with E-state index in [9.17, 15) is 22.8 Å². The zero-order valence-corrected chi connectivity index (χ0v) is 20.6. The minimum absolute atomic E-state index is 0.138. The summed E-state index contributed by atoms with van der Waals surface area (Å²) in [4.78, 5) is 40.5. The first-order valence-electron chi connectivity index (χ1n) is 10.8. The number of benzene rings is 1. The zero-order chi connectivity index (χ0) is 24.5. The molecule has 10 nitrogen and oxygen atoms in total. The fraction of sp³-hybridized carbons (Fsp3) is 0.409. The Morgan fingerprint density at radius 2 is 1.71 bits per heavy atom. The van der Waals surface area contributed by atoms with Crippen LogP contribution in [0, 0.1) is 0 Å². The van der Waals surface area contributed by atoms with Crippen LogP contribution in [0.3, 0.4) is 0 Å². The number of carbonyl (C=O) groups excluding carboxylic acids is 3. The normalized spacial score (nSPS) is 16.6. The molecule has 1 fully saturated rings. The standard InChI is InChI=1S/C22H26N4O6S2/c1-25-12-9-16-17(13-25)33-21(18(16)20(28)24-22(29)32-2)23-19(27)14-5-7-15(8-6-14)34(30,31)26-10-3-4-11-26/h5-8H,3-4,9-13H2,1-2H3,(H,23,27)(H,24,28,29). The molecule has 2 aromatic rings. The molecule has 12 heteroatoms. The summed E-state index contributed by atoms with van der Waals surface area (Å²) in [5.74, 6) is -1.12. The molecule has 1 aromatic heterocycles. The van der Waals surface area contributed by atoms with Gasteiger partial charge in [0.15, 0.2) is 0 Å². The monoisotopic (exact) mass is 506 g/mol. The van der Waals surface area contributed by atoms with E-state index in [0.717, 1.165) is 36.9 Å². The van der Waals surface area contributed by atoms with Crippen LogP contribution in [0.1, 0.15) is 44.0 Å². The van der Waals surface area contributed by atoms with Crippen molar-refractivity contribution >= 4 is 44.3 Å². The summed E-state index contributed by atoms with van der Waals surface area (Å²) in [6.07, 6.45) is 1.40. The van der Waals surface area contributed by atoms with Gasteiger partial charge in [-0.15, -0.1) is 11.3 Å². The third-order valence-electron chi connectivity index (χ3n) is 5.92. The Kier molecular flexibility index (Phi) is 7.03. The number of anilines is 1. The first-order valence-corrected chi connectivity index (χ1v) is 13.1. The van der Waals surface area contributed by atoms with Crippen LogP contribution in [0.5, 0.6) is 0 Å². The number of imide groups is 1. The van der Waals surface area contributed by atoms with Gasteiger partial charge in [-0.1, -0.05) is 0 Å². The van der Waals surface area contributed by atoms with Crippen LogP contribution in [0.15, 0.2) is 29.2 Å². The number of ether oxygens (including phenoxy) is 1. The number of nitrogens with zero attached hydrogens (tertiary/aromatic N) is 2. The number of likely N-dealkylation sites (N-methyl/N-ethyl adjacent to an activating group) is 1. The Morgan fingerprint density at radius 1 is 1.03 bits per heavy atom. The third kappa shape index (κ3) is 4.85. The predicted molar refractivity (Wildman–Crippen MR) is 127 cm³/mol. The van der Waals surface area contributed by atoms with E-state index in [-0.39, 0.29) is 16.0 Å². The van der Waals surface area contributed by atoms with Crippen LogP contribution in [-0.2, 0) is 27.7 Å². The molecule has 0 saturated carbocycles. The Labute approximate surface area is 201 Å². The van der Waals surface area contributed by atoms with Crippen molar-refractivity contribution in [2.75, 3.05) is 39.1 Å². The number of fused-ring (bicyclic) bond motifs is 1. The molecule has 3 amide bonds. The molecule has 182 valence electrons. The molecule has 0 bridgehead atoms. The van der Waals surface area contributed by atoms with Gasteiger partial charge in [0.2, 0.25) is 10.0 Å². The van der Waals surface area contributed by atoms with Crippen LogP contribution in [0.2, 0.25) is 0 Å². The maximum Gasteiger partial charge on any atom is 0.413 e. The van der Waals surface area contributed by atoms with E-state index in [2.05, 4.69) is 20.3 Å². The van der Waals surface area contributed by atoms with Gasteiger partial charge in [-0.2, -0.15) is 4.31 Å². The van der Waals surface area contributed by atoms with Gasteiger partial charge < -0.3 is 15.0 Å². The van der Waals surface area contributed by atoms with Crippen LogP contribution in [0.25, 0.3) is 0 Å². The van der Waals surface area contributed by atoms with Gasteiger partial charge in [0.05, 0.1) is 17.6 Å². The topological polar surface area (TPSA) is 125 Å². The van der Waals surface area contributed by atoms with Crippen LogP contribution >= 0.6 is 11.3 Å². The molecule has 0 atom stereocenters. The fourth-order valence-electron chi connectivity index (χ4n) is 4.10. The highest BCUT2D eigenvalue weighted by Gasteiger charge is 2.30. The molecule has 2 aliphatic rings. The van der Waals surface area contributed by atoms with Crippen molar-refractivity contribution in [2.45, 2.75) is 30.7 Å². The molecule has 0 spiro atoms. The average molecular weight is 507 g/mol. The highest BCUT2D eigenvalue weighted by Crippen LogP contribution is 2.37. The van der Waals surface area contributed by atoms with Gasteiger partial charge in [-0.05, 0) is 56.1 Å². The third-order valence-corrected chi connectivity index (χ3v) is 8.97. The largest absolute Gasteiger partial charge is 0.453 e. The number of sulfonamides is 1. The Bertz CT molecular complexity index is 1220. The van der Waals surface area contributed by atoms with Gasteiger partial charge in [-0.3, -0.25) is 14.9 Å². The summed E-state index contributed by atoms with van der Waals surface area (Å²) in [6, 6.07) is 5.74. The van der Waals surface area contributed by atoms with Crippen molar-refractivity contribution in [2.24, 2.45) is 0 Å². The van der Waals surface area contributed by atoms with Crippen molar-refractivity contribution < 1.29 is 27.5 Å². The minimum Gasteiger partial charge on any atom is -0.453 e. The van der Waals surface area contributed by atoms with Crippen molar-refractivity contribution in [3.05, 3.63) is 45.8 Å². The smallest absolute Gasteiger partial charge is 0.413 e. The molecular formula is C22H26N4O6S2. The fourth-order valence-corrected chi connectivity index (χ4v) is 6.93. The van der Waals surface area contributed by atoms with Gasteiger partial charge in [0, 0.05) is 36.6 Å². The van der Waals surface area contributed by atoms with Gasteiger partial charge in [0.1, 0.15) is 5.00 Å². The van der Waals surface area contributed by atoms with Crippen LogP contribution in [0.4, 0.5) is 9.80 Å². The molecule has 1 saturated heterocycles. The molecule has 0 aliphatic carbocycles. The highest BCUT2D eigenvalue weighted by molar-refractivity contribution is 7.89. The molecule has 2 aliphatic heterocycles. The number of amides is 3. The first-order chi connectivity index (χ1) is 16.2. The van der Waals surface area contributed by atoms with E-state index >= 15 is 0 Å². The lowest BCUT2D eigenvalue weighted by atomic mass is 10.0. The Hall–Kier alpha value is -2.80. The van der Waals surface area contributed by atoms with E-state index in [4.69, 9.17) is 0 Å². The van der Waals surface area contributed by atoms with Gasteiger partial charge >= 0.3 is 6.09 Å². The summed E-state index contributed by atoms with van der Waals surface area (Å²) >= 11 is 1.29. The quantitative estimate of drug-likeness (QED) is 0.637. The second-order valence-corrected chi connectivity index (χ2v) is 11.3. The summed E-state index contributed by atoms with van der Waals surface area (Å²) in [5.41, 5.74) is 1.30. The molecular weight excluding hydrogens is 480 g/mol. The summed E-state index contributed by atoms with van der Waals surface area (Å²) in [6.45, 7) is 2.36. The van der Waals surface area contributed by atoms with Gasteiger partial charge in [0.25, 0.3) is 11.8 Å². The lowest BCUT2D eigenvalue weighted by molar-refractivity contribution is 0.0936. The zero-order valence-electron chi connectivity index (χ0n) is 18.9. The molecule has 4 rings (SSSR count). The summed E-state index contributed by atoms with van der Waals surface area (Å²) < 4.78 is 31.4. The van der Waals surface area contributed by atoms with Crippen molar-refractivity contribution in [3.63, 3.8) is 0 Å². The maximum absolute atomic E-state index is 13.0. The average Bonchev–Trinajstić information content (AvgIpc) is 3.47. The molecule has 34 heavy (non-hydrogen) atoms. The Morgan fingerprint density at radius 3 is 2.35 bits per heavy atom. The van der Waals surface area contributed by atoms with Crippen LogP contribution < -0.4 is 10.6 Å². The van der Waals surface area contributed by atoms with Crippen molar-refractivity contribution in [1.29, 1.82) is 0 Å². The number of rotatable bonds is 5. The second kappa shape index (κ2) is 9.82. The second-order valence-electron chi connectivity index (χ2n) is 8.23. The number of alkyl carbamates (subject to hydrolysis) is 1. The van der Waals surface area contributed by atoms with E-state index in [0.29, 0.717) is 31.1 Å². The summed E-state index contributed by atoms with van der Waals surface area (Å²) in [7, 11) is -0.448. The predicted octanol–water partition coefficient (Wildman–Crippen LogP) is 2.27. The SMILES string of the molecule is COC(=O)NC(=O)c1c(NC(=O)c2ccc(S(=O)(=O)N3CCCC3)cc2)sc2c1CCN(C)C2. The first kappa shape index (κ1) is 24.3. The Balaban J connectivity index is 1.58. The maximum atomic E-state index is 13.0. The lowest BCUT2D eigenvalue weighted by Crippen LogP contribution is -2.32. The number of carbonyl (C=O) groups is 3. The number of methoxy groups -OCH3 is 1. The van der Waals surface area contributed by atoms with Gasteiger partial charge in [-0.25, -0.2) is 13.2 Å². The van der Waals surface area contributed by atoms with E-state index in [1.807, 2.05) is 7.05 Å². The highest BCUT2D eigenvalue weighted by atomic mass is 32.2. The number of hydrogen-bond donors (Lipinski definition) is 2. The van der Waals surface area contributed by atoms with Crippen molar-refractivity contribution in [1.82, 2.24) is 14.5 Å².